The normalized spacial score (nSPS) is 23.0. The minimum absolute atomic E-state index is 0.120. The number of halogens is 1. The standard InChI is InChI=1S/C22H27FN2O3/c1-24-10-17(5-6-22(24)27)18-7-19(23)9-21(8-18)28-14-20(26)13-25-11-15-3-2-4-16(15)12-25/h5-10,15-16,20,26H,2-4,11-14H2,1H3/t15-,16+,20?. The smallest absolute Gasteiger partial charge is 0.250 e. The molecule has 28 heavy (non-hydrogen) atoms. The van der Waals surface area contributed by atoms with Gasteiger partial charge in [-0.1, -0.05) is 6.42 Å². The zero-order chi connectivity index (χ0) is 19.7. The first kappa shape index (κ1) is 19.2. The van der Waals surface area contributed by atoms with Crippen LogP contribution in [0, 0.1) is 17.7 Å². The molecule has 2 heterocycles. The summed E-state index contributed by atoms with van der Waals surface area (Å²) in [5, 5.41) is 10.4. The average Bonchev–Trinajstić information content (AvgIpc) is 3.23. The maximum Gasteiger partial charge on any atom is 0.250 e. The lowest BCUT2D eigenvalue weighted by atomic mass is 10.0. The highest BCUT2D eigenvalue weighted by Crippen LogP contribution is 2.37. The quantitative estimate of drug-likeness (QED) is 0.829. The van der Waals surface area contributed by atoms with Crippen molar-refractivity contribution < 1.29 is 14.2 Å². The number of aromatic nitrogens is 1. The summed E-state index contributed by atoms with van der Waals surface area (Å²) < 4.78 is 21.2. The van der Waals surface area contributed by atoms with Gasteiger partial charge < -0.3 is 19.3 Å². The van der Waals surface area contributed by atoms with Crippen molar-refractivity contribution in [3.63, 3.8) is 0 Å². The molecule has 1 aliphatic carbocycles. The van der Waals surface area contributed by atoms with Crippen molar-refractivity contribution in [2.75, 3.05) is 26.2 Å². The van der Waals surface area contributed by atoms with E-state index in [1.54, 1.807) is 25.4 Å². The minimum atomic E-state index is -0.608. The van der Waals surface area contributed by atoms with Crippen molar-refractivity contribution in [3.8, 4) is 16.9 Å². The maximum atomic E-state index is 14.1. The molecule has 2 aliphatic rings. The van der Waals surface area contributed by atoms with Gasteiger partial charge in [-0.3, -0.25) is 4.79 Å². The molecule has 150 valence electrons. The van der Waals surface area contributed by atoms with E-state index in [4.69, 9.17) is 4.74 Å². The fraction of sp³-hybridized carbons (Fsp3) is 0.500. The number of hydrogen-bond acceptors (Lipinski definition) is 4. The number of ether oxygens (including phenoxy) is 1. The van der Waals surface area contributed by atoms with Gasteiger partial charge in [0.15, 0.2) is 0 Å². The van der Waals surface area contributed by atoms with Crippen LogP contribution in [-0.2, 0) is 7.05 Å². The highest BCUT2D eigenvalue weighted by atomic mass is 19.1. The van der Waals surface area contributed by atoms with Gasteiger partial charge in [0.25, 0.3) is 0 Å². The molecule has 2 aromatic rings. The van der Waals surface area contributed by atoms with Crippen molar-refractivity contribution >= 4 is 0 Å². The van der Waals surface area contributed by atoms with E-state index in [2.05, 4.69) is 4.90 Å². The summed E-state index contributed by atoms with van der Waals surface area (Å²) >= 11 is 0. The van der Waals surface area contributed by atoms with Crippen LogP contribution in [0.15, 0.2) is 41.3 Å². The number of β-amino-alcohol motifs (C(OH)–C–C–N with tert-alkyl or cyclic N) is 1. The van der Waals surface area contributed by atoms with Gasteiger partial charge in [0, 0.05) is 45.0 Å². The zero-order valence-corrected chi connectivity index (χ0v) is 16.2. The van der Waals surface area contributed by atoms with Crippen molar-refractivity contribution in [3.05, 3.63) is 52.7 Å². The van der Waals surface area contributed by atoms with Crippen molar-refractivity contribution in [1.29, 1.82) is 0 Å². The molecule has 1 saturated carbocycles. The Hall–Kier alpha value is -2.18. The number of rotatable bonds is 6. The molecule has 1 aromatic carbocycles. The average molecular weight is 386 g/mol. The number of fused-ring (bicyclic) bond motifs is 1. The highest BCUT2D eigenvalue weighted by molar-refractivity contribution is 5.64. The highest BCUT2D eigenvalue weighted by Gasteiger charge is 2.36. The molecular weight excluding hydrogens is 359 g/mol. The molecule has 4 rings (SSSR count). The van der Waals surface area contributed by atoms with Gasteiger partial charge in [-0.15, -0.1) is 0 Å². The Bertz CT molecular complexity index is 886. The Kier molecular flexibility index (Phi) is 5.51. The minimum Gasteiger partial charge on any atom is -0.491 e. The molecule has 0 radical (unpaired) electrons. The molecule has 1 saturated heterocycles. The third-order valence-electron chi connectivity index (χ3n) is 6.00. The number of aryl methyl sites for hydroxylation is 1. The van der Waals surface area contributed by atoms with Crippen LogP contribution in [0.5, 0.6) is 5.75 Å². The first-order valence-corrected chi connectivity index (χ1v) is 9.99. The second kappa shape index (κ2) is 8.05. The van der Waals surface area contributed by atoms with E-state index in [9.17, 15) is 14.3 Å². The van der Waals surface area contributed by atoms with E-state index in [0.29, 0.717) is 17.9 Å². The summed E-state index contributed by atoms with van der Waals surface area (Å²) in [4.78, 5) is 13.9. The van der Waals surface area contributed by atoms with Crippen LogP contribution >= 0.6 is 0 Å². The lowest BCUT2D eigenvalue weighted by molar-refractivity contribution is 0.0733. The molecular formula is C22H27FN2O3. The van der Waals surface area contributed by atoms with Gasteiger partial charge in [-0.05, 0) is 54.0 Å². The molecule has 0 spiro atoms. The summed E-state index contributed by atoms with van der Waals surface area (Å²) in [6.45, 7) is 2.86. The molecule has 5 nitrogen and oxygen atoms in total. The van der Waals surface area contributed by atoms with Crippen LogP contribution < -0.4 is 10.3 Å². The summed E-state index contributed by atoms with van der Waals surface area (Å²) in [6.07, 6.45) is 5.02. The van der Waals surface area contributed by atoms with E-state index in [0.717, 1.165) is 30.5 Å². The van der Waals surface area contributed by atoms with Gasteiger partial charge in [-0.2, -0.15) is 0 Å². The lowest BCUT2D eigenvalue weighted by Crippen LogP contribution is -2.34. The van der Waals surface area contributed by atoms with Crippen LogP contribution in [0.3, 0.4) is 0 Å². The number of aliphatic hydroxyl groups excluding tert-OH is 1. The van der Waals surface area contributed by atoms with E-state index in [-0.39, 0.29) is 12.2 Å². The van der Waals surface area contributed by atoms with Crippen molar-refractivity contribution in [2.24, 2.45) is 18.9 Å². The summed E-state index contributed by atoms with van der Waals surface area (Å²) in [5.74, 6) is 1.55. The molecule has 0 amide bonds. The van der Waals surface area contributed by atoms with Crippen LogP contribution in [0.1, 0.15) is 19.3 Å². The topological polar surface area (TPSA) is 54.7 Å². The predicted octanol–water partition coefficient (Wildman–Crippen LogP) is 2.66. The second-order valence-electron chi connectivity index (χ2n) is 8.18. The van der Waals surface area contributed by atoms with Gasteiger partial charge in [0.05, 0.1) is 0 Å². The molecule has 1 unspecified atom stereocenters. The molecule has 1 aliphatic heterocycles. The number of pyridine rings is 1. The van der Waals surface area contributed by atoms with Crippen LogP contribution in [0.25, 0.3) is 11.1 Å². The van der Waals surface area contributed by atoms with Gasteiger partial charge in [0.1, 0.15) is 24.3 Å². The third kappa shape index (κ3) is 4.28. The van der Waals surface area contributed by atoms with Gasteiger partial charge in [-0.25, -0.2) is 4.39 Å². The number of nitrogens with zero attached hydrogens (tertiary/aromatic N) is 2. The van der Waals surface area contributed by atoms with Gasteiger partial charge >= 0.3 is 0 Å². The Morgan fingerprint density at radius 2 is 1.93 bits per heavy atom. The summed E-state index contributed by atoms with van der Waals surface area (Å²) in [5.41, 5.74) is 1.24. The summed E-state index contributed by atoms with van der Waals surface area (Å²) in [7, 11) is 1.66. The third-order valence-corrected chi connectivity index (χ3v) is 6.00. The molecule has 2 fully saturated rings. The monoisotopic (exact) mass is 386 g/mol. The summed E-state index contributed by atoms with van der Waals surface area (Å²) in [6, 6.07) is 7.58. The Morgan fingerprint density at radius 1 is 1.18 bits per heavy atom. The van der Waals surface area contributed by atoms with Crippen LogP contribution in [-0.4, -0.2) is 46.9 Å². The zero-order valence-electron chi connectivity index (χ0n) is 16.2. The largest absolute Gasteiger partial charge is 0.491 e. The van der Waals surface area contributed by atoms with E-state index in [1.807, 2.05) is 0 Å². The Labute approximate surface area is 164 Å². The molecule has 3 atom stereocenters. The number of likely N-dealkylation sites (tertiary alicyclic amines) is 1. The van der Waals surface area contributed by atoms with Crippen molar-refractivity contribution in [2.45, 2.75) is 25.4 Å². The molecule has 6 heteroatoms. The van der Waals surface area contributed by atoms with Crippen LogP contribution in [0.2, 0.25) is 0 Å². The van der Waals surface area contributed by atoms with E-state index < -0.39 is 11.9 Å². The molecule has 0 bridgehead atoms. The Balaban J connectivity index is 1.37. The number of aliphatic hydroxyl groups is 1. The van der Waals surface area contributed by atoms with Crippen LogP contribution in [0.4, 0.5) is 4.39 Å². The maximum absolute atomic E-state index is 14.1. The fourth-order valence-electron chi connectivity index (χ4n) is 4.60. The van der Waals surface area contributed by atoms with E-state index >= 15 is 0 Å². The van der Waals surface area contributed by atoms with Gasteiger partial charge in [0.2, 0.25) is 5.56 Å². The fourth-order valence-corrected chi connectivity index (χ4v) is 4.60. The molecule has 1 N–H and O–H groups in total. The second-order valence-corrected chi connectivity index (χ2v) is 8.18. The number of hydrogen-bond donors (Lipinski definition) is 1. The lowest BCUT2D eigenvalue weighted by Gasteiger charge is -2.21. The SMILES string of the molecule is Cn1cc(-c2cc(F)cc(OCC(O)CN3C[C@H]4CCC[C@H]4C3)c2)ccc1=O. The number of benzene rings is 1. The predicted molar refractivity (Wildman–Crippen MR) is 106 cm³/mol. The van der Waals surface area contributed by atoms with Crippen molar-refractivity contribution in [1.82, 2.24) is 9.47 Å². The first-order chi connectivity index (χ1) is 13.5. The Morgan fingerprint density at radius 3 is 2.64 bits per heavy atom. The first-order valence-electron chi connectivity index (χ1n) is 9.99. The van der Waals surface area contributed by atoms with E-state index in [1.165, 1.54) is 42.0 Å². The molecule has 1 aromatic heterocycles.